The molecule has 3 aromatic carbocycles. The number of anilines is 2. The van der Waals surface area contributed by atoms with E-state index in [2.05, 4.69) is 5.32 Å². The lowest BCUT2D eigenvalue weighted by atomic mass is 10.1. The Labute approximate surface area is 171 Å². The molecule has 1 heterocycles. The number of amides is 2. The minimum absolute atomic E-state index is 0.00206. The molecular weight excluding hydrogens is 395 g/mol. The number of rotatable bonds is 2. The van der Waals surface area contributed by atoms with Gasteiger partial charge in [0.2, 0.25) is 0 Å². The smallest absolute Gasteiger partial charge is 0.261 e. The van der Waals surface area contributed by atoms with Gasteiger partial charge in [0.05, 0.1) is 21.8 Å². The predicted molar refractivity (Wildman–Crippen MR) is 110 cm³/mol. The van der Waals surface area contributed by atoms with E-state index in [1.165, 1.54) is 11.0 Å². The Kier molecular flexibility index (Phi) is 4.72. The standard InChI is InChI=1S/C22H16ClFN2O3/c1-12-3-7-20-18(9-12)26(2)22(28)16-11-14(5-8-19(16)29-20)25-21(27)15-6-4-13(24)10-17(15)23/h3-11H,1-2H3,(H,25,27). The van der Waals surface area contributed by atoms with Gasteiger partial charge in [-0.15, -0.1) is 0 Å². The first-order valence-electron chi connectivity index (χ1n) is 8.80. The van der Waals surface area contributed by atoms with Crippen molar-refractivity contribution in [1.29, 1.82) is 0 Å². The number of halogens is 2. The van der Waals surface area contributed by atoms with Gasteiger partial charge >= 0.3 is 0 Å². The fraction of sp³-hybridized carbons (Fsp3) is 0.0909. The first-order valence-corrected chi connectivity index (χ1v) is 9.18. The summed E-state index contributed by atoms with van der Waals surface area (Å²) in [6.07, 6.45) is 0. The van der Waals surface area contributed by atoms with Crippen molar-refractivity contribution in [2.45, 2.75) is 6.92 Å². The zero-order valence-corrected chi connectivity index (χ0v) is 16.4. The van der Waals surface area contributed by atoms with Crippen LogP contribution in [-0.2, 0) is 0 Å². The van der Waals surface area contributed by atoms with Crippen LogP contribution in [-0.4, -0.2) is 18.9 Å². The molecule has 3 aromatic rings. The Balaban J connectivity index is 1.66. The van der Waals surface area contributed by atoms with Crippen LogP contribution < -0.4 is 15.0 Å². The highest BCUT2D eigenvalue weighted by Gasteiger charge is 2.26. The fourth-order valence-corrected chi connectivity index (χ4v) is 3.37. The van der Waals surface area contributed by atoms with Gasteiger partial charge in [-0.3, -0.25) is 9.59 Å². The topological polar surface area (TPSA) is 58.6 Å². The molecular formula is C22H16ClFN2O3. The van der Waals surface area contributed by atoms with E-state index in [-0.39, 0.29) is 16.5 Å². The Morgan fingerprint density at radius 1 is 1.07 bits per heavy atom. The van der Waals surface area contributed by atoms with Crippen molar-refractivity contribution < 1.29 is 18.7 Å². The molecule has 0 saturated heterocycles. The van der Waals surface area contributed by atoms with Gasteiger partial charge in [-0.05, 0) is 61.0 Å². The average Bonchev–Trinajstić information content (AvgIpc) is 2.78. The summed E-state index contributed by atoms with van der Waals surface area (Å²) in [7, 11) is 1.67. The van der Waals surface area contributed by atoms with E-state index in [0.717, 1.165) is 17.7 Å². The van der Waals surface area contributed by atoms with E-state index in [0.29, 0.717) is 28.4 Å². The number of hydrogen-bond acceptors (Lipinski definition) is 3. The molecule has 2 amide bonds. The van der Waals surface area contributed by atoms with Crippen LogP contribution in [0.25, 0.3) is 0 Å². The van der Waals surface area contributed by atoms with Crippen molar-refractivity contribution in [1.82, 2.24) is 0 Å². The number of nitrogens with one attached hydrogen (secondary N) is 1. The van der Waals surface area contributed by atoms with Crippen molar-refractivity contribution in [3.8, 4) is 11.5 Å². The molecule has 0 fully saturated rings. The molecule has 0 saturated carbocycles. The molecule has 0 bridgehead atoms. The number of carbonyl (C=O) groups excluding carboxylic acids is 2. The number of ether oxygens (including phenoxy) is 1. The van der Waals surface area contributed by atoms with E-state index < -0.39 is 11.7 Å². The van der Waals surface area contributed by atoms with Crippen LogP contribution in [0.15, 0.2) is 54.6 Å². The molecule has 5 nitrogen and oxygen atoms in total. The minimum Gasteiger partial charge on any atom is -0.454 e. The lowest BCUT2D eigenvalue weighted by molar-refractivity contribution is 0.0990. The molecule has 146 valence electrons. The quantitative estimate of drug-likeness (QED) is 0.613. The lowest BCUT2D eigenvalue weighted by Crippen LogP contribution is -2.25. The summed E-state index contributed by atoms with van der Waals surface area (Å²) in [6.45, 7) is 1.94. The van der Waals surface area contributed by atoms with Gasteiger partial charge < -0.3 is 15.0 Å². The van der Waals surface area contributed by atoms with Crippen molar-refractivity contribution in [2.24, 2.45) is 0 Å². The molecule has 0 unspecified atom stereocenters. The summed E-state index contributed by atoms with van der Waals surface area (Å²) in [5.41, 5.74) is 2.49. The number of benzene rings is 3. The molecule has 1 N–H and O–H groups in total. The summed E-state index contributed by atoms with van der Waals surface area (Å²) in [6, 6.07) is 13.9. The van der Waals surface area contributed by atoms with Crippen molar-refractivity contribution in [3.05, 3.63) is 82.1 Å². The van der Waals surface area contributed by atoms with Crippen LogP contribution in [0.3, 0.4) is 0 Å². The van der Waals surface area contributed by atoms with Gasteiger partial charge in [0.1, 0.15) is 11.6 Å². The zero-order valence-electron chi connectivity index (χ0n) is 15.6. The van der Waals surface area contributed by atoms with Crippen LogP contribution >= 0.6 is 11.6 Å². The minimum atomic E-state index is -0.530. The van der Waals surface area contributed by atoms with Crippen LogP contribution in [0.4, 0.5) is 15.8 Å². The highest BCUT2D eigenvalue weighted by molar-refractivity contribution is 6.34. The first-order chi connectivity index (χ1) is 13.8. The maximum Gasteiger partial charge on any atom is 0.261 e. The molecule has 0 radical (unpaired) electrons. The number of nitrogens with zero attached hydrogens (tertiary/aromatic N) is 1. The Bertz CT molecular complexity index is 1160. The molecule has 29 heavy (non-hydrogen) atoms. The van der Waals surface area contributed by atoms with Gasteiger partial charge in [0.15, 0.2) is 5.75 Å². The molecule has 0 aromatic heterocycles. The van der Waals surface area contributed by atoms with Gasteiger partial charge in [0, 0.05) is 12.7 Å². The van der Waals surface area contributed by atoms with Gasteiger partial charge in [-0.25, -0.2) is 4.39 Å². The molecule has 1 aliphatic heterocycles. The number of carbonyl (C=O) groups is 2. The first kappa shape index (κ1) is 19.0. The fourth-order valence-electron chi connectivity index (χ4n) is 3.12. The number of hydrogen-bond donors (Lipinski definition) is 1. The second-order valence-corrected chi connectivity index (χ2v) is 7.13. The van der Waals surface area contributed by atoms with Crippen LogP contribution in [0.1, 0.15) is 26.3 Å². The van der Waals surface area contributed by atoms with Crippen molar-refractivity contribution in [2.75, 3.05) is 17.3 Å². The summed E-state index contributed by atoms with van der Waals surface area (Å²) in [4.78, 5) is 27.0. The Morgan fingerprint density at radius 2 is 1.83 bits per heavy atom. The van der Waals surface area contributed by atoms with Gasteiger partial charge in [-0.2, -0.15) is 0 Å². The second kappa shape index (κ2) is 7.22. The largest absolute Gasteiger partial charge is 0.454 e. The summed E-state index contributed by atoms with van der Waals surface area (Å²) < 4.78 is 19.1. The molecule has 4 rings (SSSR count). The third-order valence-electron chi connectivity index (χ3n) is 4.64. The maximum atomic E-state index is 13.2. The number of fused-ring (bicyclic) bond motifs is 2. The number of aryl methyl sites for hydroxylation is 1. The monoisotopic (exact) mass is 410 g/mol. The Morgan fingerprint density at radius 3 is 2.59 bits per heavy atom. The Hall–Kier alpha value is -3.38. The van der Waals surface area contributed by atoms with E-state index in [1.54, 1.807) is 25.2 Å². The van der Waals surface area contributed by atoms with Gasteiger partial charge in [0.25, 0.3) is 11.8 Å². The van der Waals surface area contributed by atoms with E-state index >= 15 is 0 Å². The van der Waals surface area contributed by atoms with Crippen molar-refractivity contribution in [3.63, 3.8) is 0 Å². The normalized spacial score (nSPS) is 12.6. The van der Waals surface area contributed by atoms with Gasteiger partial charge in [-0.1, -0.05) is 17.7 Å². The average molecular weight is 411 g/mol. The molecule has 0 spiro atoms. The lowest BCUT2D eigenvalue weighted by Gasteiger charge is -2.16. The maximum absolute atomic E-state index is 13.2. The SMILES string of the molecule is Cc1ccc2c(c1)N(C)C(=O)c1cc(NC(=O)c3ccc(F)cc3Cl)ccc1O2. The second-order valence-electron chi connectivity index (χ2n) is 6.73. The molecule has 0 atom stereocenters. The summed E-state index contributed by atoms with van der Waals surface area (Å²) in [5.74, 6) is -0.344. The van der Waals surface area contributed by atoms with E-state index in [1.807, 2.05) is 25.1 Å². The third-order valence-corrected chi connectivity index (χ3v) is 4.96. The molecule has 0 aliphatic carbocycles. The van der Waals surface area contributed by atoms with Crippen molar-refractivity contribution >= 4 is 34.8 Å². The van der Waals surface area contributed by atoms with E-state index in [9.17, 15) is 14.0 Å². The van der Waals surface area contributed by atoms with Crippen LogP contribution in [0.2, 0.25) is 5.02 Å². The third kappa shape index (κ3) is 3.54. The molecule has 7 heteroatoms. The van der Waals surface area contributed by atoms with Crippen LogP contribution in [0.5, 0.6) is 11.5 Å². The summed E-state index contributed by atoms with van der Waals surface area (Å²) >= 11 is 5.95. The van der Waals surface area contributed by atoms with E-state index in [4.69, 9.17) is 16.3 Å². The zero-order chi connectivity index (χ0) is 20.7. The van der Waals surface area contributed by atoms with Crippen LogP contribution in [0, 0.1) is 12.7 Å². The predicted octanol–water partition coefficient (Wildman–Crippen LogP) is 5.42. The summed E-state index contributed by atoms with van der Waals surface area (Å²) in [5, 5.41) is 2.68. The highest BCUT2D eigenvalue weighted by Crippen LogP contribution is 2.39. The molecule has 1 aliphatic rings. The highest BCUT2D eigenvalue weighted by atomic mass is 35.5.